The van der Waals surface area contributed by atoms with Gasteiger partial charge in [0, 0.05) is 0 Å². The number of rotatable bonds is 1. The second kappa shape index (κ2) is 3.01. The van der Waals surface area contributed by atoms with Crippen LogP contribution in [0.4, 0.5) is 13.2 Å². The van der Waals surface area contributed by atoms with Crippen LogP contribution in [0.5, 0.6) is 0 Å². The minimum atomic E-state index is -4.26. The van der Waals surface area contributed by atoms with Crippen LogP contribution in [0.15, 0.2) is 18.2 Å². The maximum atomic E-state index is 12.3. The number of alkyl halides is 3. The summed E-state index contributed by atoms with van der Waals surface area (Å²) in [5, 5.41) is 0. The van der Waals surface area contributed by atoms with Gasteiger partial charge >= 0.3 is 6.18 Å². The van der Waals surface area contributed by atoms with Crippen molar-refractivity contribution in [3.8, 4) is 0 Å². The Morgan fingerprint density at radius 3 is 2.29 bits per heavy atom. The molecular weight excluding hydrogens is 189 g/mol. The van der Waals surface area contributed by atoms with Crippen molar-refractivity contribution in [2.75, 3.05) is 0 Å². The molecule has 0 saturated heterocycles. The van der Waals surface area contributed by atoms with Crippen LogP contribution in [0.1, 0.15) is 35.4 Å². The molecule has 0 unspecified atom stereocenters. The van der Waals surface area contributed by atoms with Crippen molar-refractivity contribution < 1.29 is 13.2 Å². The molecule has 75 valence electrons. The number of benzene rings is 1. The molecule has 0 amide bonds. The van der Waals surface area contributed by atoms with Crippen molar-refractivity contribution in [1.82, 2.24) is 0 Å². The van der Waals surface area contributed by atoms with Crippen molar-refractivity contribution >= 4 is 0 Å². The molecule has 1 aliphatic rings. The zero-order valence-electron chi connectivity index (χ0n) is 7.56. The van der Waals surface area contributed by atoms with E-state index in [1.165, 1.54) is 0 Å². The van der Waals surface area contributed by atoms with Gasteiger partial charge in [-0.15, -0.1) is 0 Å². The molecule has 0 aromatic heterocycles. The molecule has 1 aliphatic carbocycles. The highest BCUT2D eigenvalue weighted by atomic mass is 19.4. The Hall–Kier alpha value is -0.990. The van der Waals surface area contributed by atoms with Gasteiger partial charge < -0.3 is 0 Å². The van der Waals surface area contributed by atoms with Gasteiger partial charge in [0.05, 0.1) is 5.56 Å². The molecule has 0 bridgehead atoms. The molecule has 1 fully saturated rings. The first-order chi connectivity index (χ1) is 6.48. The Kier molecular flexibility index (Phi) is 2.05. The second-order valence-electron chi connectivity index (χ2n) is 3.69. The predicted molar refractivity (Wildman–Crippen MR) is 47.9 cm³/mol. The van der Waals surface area contributed by atoms with Crippen molar-refractivity contribution in [2.24, 2.45) is 0 Å². The molecular formula is C11H10F3. The fourth-order valence-corrected chi connectivity index (χ4v) is 1.57. The van der Waals surface area contributed by atoms with Crippen molar-refractivity contribution in [3.63, 3.8) is 0 Å². The van der Waals surface area contributed by atoms with Crippen LogP contribution in [0, 0.1) is 6.92 Å². The van der Waals surface area contributed by atoms with Gasteiger partial charge in [0.1, 0.15) is 0 Å². The third-order valence-corrected chi connectivity index (χ3v) is 2.49. The van der Waals surface area contributed by atoms with Crippen molar-refractivity contribution in [1.29, 1.82) is 0 Å². The standard InChI is InChI=1S/C11H10F3/c1-7-6-9(11(12,13)14)4-5-10(7)8-2-3-8/h4-6,8H,1-3H2. The zero-order chi connectivity index (χ0) is 10.3. The molecule has 0 atom stereocenters. The number of halogens is 3. The molecule has 0 spiro atoms. The van der Waals surface area contributed by atoms with Crippen LogP contribution in [0.25, 0.3) is 0 Å². The minimum absolute atomic E-state index is 0.449. The number of hydrogen-bond donors (Lipinski definition) is 0. The lowest BCUT2D eigenvalue weighted by atomic mass is 10.0. The van der Waals surface area contributed by atoms with Gasteiger partial charge in [0.2, 0.25) is 0 Å². The molecule has 1 aromatic rings. The summed E-state index contributed by atoms with van der Waals surface area (Å²) in [6, 6.07) is 3.83. The minimum Gasteiger partial charge on any atom is -0.166 e. The van der Waals surface area contributed by atoms with E-state index in [2.05, 4.69) is 6.92 Å². The molecule has 1 saturated carbocycles. The SMILES string of the molecule is [CH2]c1cc(C(F)(F)F)ccc1C1CC1. The maximum absolute atomic E-state index is 12.3. The van der Waals surface area contributed by atoms with Gasteiger partial charge in [-0.25, -0.2) is 0 Å². The normalized spacial score (nSPS) is 17.1. The van der Waals surface area contributed by atoms with Gasteiger partial charge in [0.25, 0.3) is 0 Å². The molecule has 0 heterocycles. The highest BCUT2D eigenvalue weighted by Crippen LogP contribution is 2.42. The summed E-state index contributed by atoms with van der Waals surface area (Å²) >= 11 is 0. The Morgan fingerprint density at radius 2 is 1.86 bits per heavy atom. The summed E-state index contributed by atoms with van der Waals surface area (Å²) in [5.41, 5.74) is 0.882. The van der Waals surface area contributed by atoms with Gasteiger partial charge in [-0.2, -0.15) is 13.2 Å². The Balaban J connectivity index is 2.35. The van der Waals surface area contributed by atoms with E-state index in [-0.39, 0.29) is 0 Å². The maximum Gasteiger partial charge on any atom is 0.416 e. The average molecular weight is 199 g/mol. The van der Waals surface area contributed by atoms with E-state index < -0.39 is 11.7 Å². The van der Waals surface area contributed by atoms with Crippen LogP contribution < -0.4 is 0 Å². The Morgan fingerprint density at radius 1 is 1.21 bits per heavy atom. The molecule has 0 N–H and O–H groups in total. The van der Waals surface area contributed by atoms with Crippen LogP contribution in [0.2, 0.25) is 0 Å². The molecule has 1 radical (unpaired) electrons. The van der Waals surface area contributed by atoms with Crippen LogP contribution in [0.3, 0.4) is 0 Å². The fraction of sp³-hybridized carbons (Fsp3) is 0.364. The highest BCUT2D eigenvalue weighted by Gasteiger charge is 2.32. The summed E-state index contributed by atoms with van der Waals surface area (Å²) < 4.78 is 36.9. The van der Waals surface area contributed by atoms with E-state index in [1.807, 2.05) is 0 Å². The second-order valence-corrected chi connectivity index (χ2v) is 3.69. The lowest BCUT2D eigenvalue weighted by Gasteiger charge is -2.10. The Bertz CT molecular complexity index is 348. The summed E-state index contributed by atoms with van der Waals surface area (Å²) in [7, 11) is 0. The first kappa shape index (κ1) is 9.56. The van der Waals surface area contributed by atoms with E-state index in [0.717, 1.165) is 30.5 Å². The molecule has 0 nitrogen and oxygen atoms in total. The van der Waals surface area contributed by atoms with Gasteiger partial charge in [-0.1, -0.05) is 6.07 Å². The van der Waals surface area contributed by atoms with E-state index in [1.54, 1.807) is 6.07 Å². The van der Waals surface area contributed by atoms with Crippen molar-refractivity contribution in [2.45, 2.75) is 24.9 Å². The van der Waals surface area contributed by atoms with E-state index >= 15 is 0 Å². The zero-order valence-corrected chi connectivity index (χ0v) is 7.56. The lowest BCUT2D eigenvalue weighted by Crippen LogP contribution is -2.05. The summed E-state index contributed by atoms with van der Waals surface area (Å²) in [6.07, 6.45) is -2.10. The molecule has 3 heteroatoms. The third-order valence-electron chi connectivity index (χ3n) is 2.49. The van der Waals surface area contributed by atoms with E-state index in [4.69, 9.17) is 0 Å². The smallest absolute Gasteiger partial charge is 0.166 e. The van der Waals surface area contributed by atoms with Crippen LogP contribution in [-0.4, -0.2) is 0 Å². The van der Waals surface area contributed by atoms with Crippen LogP contribution in [-0.2, 0) is 6.18 Å². The lowest BCUT2D eigenvalue weighted by molar-refractivity contribution is -0.137. The van der Waals surface area contributed by atoms with Gasteiger partial charge in [-0.3, -0.25) is 0 Å². The van der Waals surface area contributed by atoms with Gasteiger partial charge in [-0.05, 0) is 48.9 Å². The quantitative estimate of drug-likeness (QED) is 0.645. The van der Waals surface area contributed by atoms with Crippen molar-refractivity contribution in [3.05, 3.63) is 41.8 Å². The first-order valence-electron chi connectivity index (χ1n) is 4.51. The summed E-state index contributed by atoms with van der Waals surface area (Å²) in [6.45, 7) is 3.66. The largest absolute Gasteiger partial charge is 0.416 e. The summed E-state index contributed by atoms with van der Waals surface area (Å²) in [4.78, 5) is 0. The molecule has 0 aliphatic heterocycles. The topological polar surface area (TPSA) is 0 Å². The predicted octanol–water partition coefficient (Wildman–Crippen LogP) is 3.76. The summed E-state index contributed by atoms with van der Waals surface area (Å²) in [5.74, 6) is 0.449. The average Bonchev–Trinajstić information content (AvgIpc) is 2.85. The monoisotopic (exact) mass is 199 g/mol. The third kappa shape index (κ3) is 1.76. The highest BCUT2D eigenvalue weighted by molar-refractivity contribution is 5.39. The molecule has 2 rings (SSSR count). The first-order valence-corrected chi connectivity index (χ1v) is 4.51. The van der Waals surface area contributed by atoms with E-state index in [9.17, 15) is 13.2 Å². The number of hydrogen-bond acceptors (Lipinski definition) is 0. The fourth-order valence-electron chi connectivity index (χ4n) is 1.57. The van der Waals surface area contributed by atoms with Gasteiger partial charge in [0.15, 0.2) is 0 Å². The molecule has 14 heavy (non-hydrogen) atoms. The van der Waals surface area contributed by atoms with E-state index in [0.29, 0.717) is 11.5 Å². The molecule has 1 aromatic carbocycles. The van der Waals surface area contributed by atoms with Crippen LogP contribution >= 0.6 is 0 Å². The Labute approximate surface area is 80.7 Å².